The Balaban J connectivity index is 1.46. The van der Waals surface area contributed by atoms with E-state index in [1.807, 2.05) is 18.3 Å². The number of aryl methyl sites for hydroxylation is 1. The molecule has 1 fully saturated rings. The van der Waals surface area contributed by atoms with Gasteiger partial charge in [0.25, 0.3) is 0 Å². The highest BCUT2D eigenvalue weighted by molar-refractivity contribution is 5.80. The molecule has 2 unspecified atom stereocenters. The maximum absolute atomic E-state index is 12.0. The van der Waals surface area contributed by atoms with E-state index in [0.717, 1.165) is 25.7 Å². The fourth-order valence-corrected chi connectivity index (χ4v) is 3.35. The first-order valence-corrected chi connectivity index (χ1v) is 8.21. The van der Waals surface area contributed by atoms with Crippen LogP contribution in [0, 0.1) is 5.92 Å². The molecule has 1 heterocycles. The van der Waals surface area contributed by atoms with Gasteiger partial charge in [0.2, 0.25) is 5.91 Å². The molecule has 1 aliphatic carbocycles. The average molecular weight is 300 g/mol. The van der Waals surface area contributed by atoms with Crippen LogP contribution in [0.15, 0.2) is 36.5 Å². The molecule has 1 saturated carbocycles. The molecule has 0 bridgehead atoms. The van der Waals surface area contributed by atoms with Gasteiger partial charge in [-0.15, -0.1) is 0 Å². The number of nitrogens with zero attached hydrogens (tertiary/aromatic N) is 1. The van der Waals surface area contributed by atoms with Crippen molar-refractivity contribution in [2.75, 3.05) is 6.54 Å². The molecule has 0 aliphatic heterocycles. The molecule has 3 rings (SSSR count). The number of fused-ring (bicyclic) bond motifs is 1. The third kappa shape index (κ3) is 3.69. The van der Waals surface area contributed by atoms with Crippen molar-refractivity contribution < 1.29 is 9.90 Å². The number of carbonyl (C=O) groups is 1. The van der Waals surface area contributed by atoms with Gasteiger partial charge in [0.15, 0.2) is 0 Å². The quantitative estimate of drug-likeness (QED) is 0.892. The number of carbonyl (C=O) groups excluding carboxylic acids is 1. The van der Waals surface area contributed by atoms with Crippen LogP contribution in [0.4, 0.5) is 0 Å². The van der Waals surface area contributed by atoms with Gasteiger partial charge in [-0.25, -0.2) is 0 Å². The smallest absolute Gasteiger partial charge is 0.221 e. The first kappa shape index (κ1) is 15.1. The number of nitrogens with one attached hydrogen (secondary N) is 1. The van der Waals surface area contributed by atoms with Crippen molar-refractivity contribution in [1.82, 2.24) is 9.88 Å². The molecule has 0 saturated heterocycles. The van der Waals surface area contributed by atoms with Crippen LogP contribution in [0.5, 0.6) is 0 Å². The fourth-order valence-electron chi connectivity index (χ4n) is 3.35. The molecular formula is C18H24N2O2. The number of para-hydroxylation sites is 1. The number of hydrogen-bond acceptors (Lipinski definition) is 2. The Labute approximate surface area is 131 Å². The van der Waals surface area contributed by atoms with Gasteiger partial charge in [0.05, 0.1) is 6.10 Å². The highest BCUT2D eigenvalue weighted by atomic mass is 16.3. The predicted molar refractivity (Wildman–Crippen MR) is 87.5 cm³/mol. The van der Waals surface area contributed by atoms with Gasteiger partial charge in [0, 0.05) is 31.2 Å². The molecule has 0 spiro atoms. The lowest BCUT2D eigenvalue weighted by Crippen LogP contribution is -2.33. The summed E-state index contributed by atoms with van der Waals surface area (Å²) >= 11 is 0. The molecule has 22 heavy (non-hydrogen) atoms. The van der Waals surface area contributed by atoms with Crippen LogP contribution in [-0.2, 0) is 11.3 Å². The van der Waals surface area contributed by atoms with E-state index >= 15 is 0 Å². The van der Waals surface area contributed by atoms with Gasteiger partial charge in [-0.1, -0.05) is 24.6 Å². The Kier molecular flexibility index (Phi) is 4.78. The highest BCUT2D eigenvalue weighted by Gasteiger charge is 2.20. The van der Waals surface area contributed by atoms with Crippen molar-refractivity contribution in [3.05, 3.63) is 36.5 Å². The zero-order chi connectivity index (χ0) is 15.4. The third-order valence-corrected chi connectivity index (χ3v) is 4.60. The molecule has 2 atom stereocenters. The summed E-state index contributed by atoms with van der Waals surface area (Å²) in [6, 6.07) is 10.3. The number of benzene rings is 1. The van der Waals surface area contributed by atoms with E-state index in [-0.39, 0.29) is 12.0 Å². The average Bonchev–Trinajstić information content (AvgIpc) is 2.94. The van der Waals surface area contributed by atoms with E-state index in [9.17, 15) is 9.90 Å². The van der Waals surface area contributed by atoms with Crippen molar-refractivity contribution >= 4 is 16.8 Å². The number of aliphatic hydroxyl groups excluding tert-OH is 1. The molecule has 2 aromatic rings. The van der Waals surface area contributed by atoms with Crippen LogP contribution in [0.2, 0.25) is 0 Å². The fraction of sp³-hybridized carbons (Fsp3) is 0.500. The standard InChI is InChI=1S/C18H24N2O2/c21-16-6-3-4-14(12-16)13-19-18(22)9-11-20-10-8-15-5-1-2-7-17(15)20/h1-2,5,7-8,10,14,16,21H,3-4,6,9,11-13H2,(H,19,22). The molecule has 2 N–H and O–H groups in total. The Bertz CT molecular complexity index is 635. The van der Waals surface area contributed by atoms with Crippen molar-refractivity contribution in [3.8, 4) is 0 Å². The molecular weight excluding hydrogens is 276 g/mol. The minimum absolute atomic E-state index is 0.0952. The van der Waals surface area contributed by atoms with Gasteiger partial charge < -0.3 is 15.0 Å². The SMILES string of the molecule is O=C(CCn1ccc2ccccc21)NCC1CCCC(O)C1. The summed E-state index contributed by atoms with van der Waals surface area (Å²) in [5.74, 6) is 0.526. The van der Waals surface area contributed by atoms with Crippen LogP contribution >= 0.6 is 0 Å². The largest absolute Gasteiger partial charge is 0.393 e. The summed E-state index contributed by atoms with van der Waals surface area (Å²) in [4.78, 5) is 12.0. The lowest BCUT2D eigenvalue weighted by Gasteiger charge is -2.25. The molecule has 1 aliphatic rings. The zero-order valence-corrected chi connectivity index (χ0v) is 12.9. The van der Waals surface area contributed by atoms with E-state index < -0.39 is 0 Å². The highest BCUT2D eigenvalue weighted by Crippen LogP contribution is 2.23. The third-order valence-electron chi connectivity index (χ3n) is 4.60. The molecule has 4 heteroatoms. The van der Waals surface area contributed by atoms with Gasteiger partial charge in [-0.05, 0) is 42.7 Å². The van der Waals surface area contributed by atoms with Crippen LogP contribution in [-0.4, -0.2) is 28.2 Å². The van der Waals surface area contributed by atoms with Gasteiger partial charge in [-0.3, -0.25) is 4.79 Å². The second-order valence-electron chi connectivity index (χ2n) is 6.31. The van der Waals surface area contributed by atoms with Crippen molar-refractivity contribution in [2.45, 2.75) is 44.8 Å². The first-order chi connectivity index (χ1) is 10.7. The number of hydrogen-bond donors (Lipinski definition) is 2. The molecule has 1 aromatic heterocycles. The molecule has 1 amide bonds. The minimum atomic E-state index is -0.179. The van der Waals surface area contributed by atoms with Crippen LogP contribution in [0.25, 0.3) is 10.9 Å². The second kappa shape index (κ2) is 6.97. The Morgan fingerprint density at radius 3 is 3.00 bits per heavy atom. The number of aromatic nitrogens is 1. The molecule has 1 aromatic carbocycles. The Morgan fingerprint density at radius 1 is 1.27 bits per heavy atom. The van der Waals surface area contributed by atoms with E-state index in [1.54, 1.807) is 0 Å². The van der Waals surface area contributed by atoms with Gasteiger partial charge >= 0.3 is 0 Å². The summed E-state index contributed by atoms with van der Waals surface area (Å²) in [5, 5.41) is 13.9. The summed E-state index contributed by atoms with van der Waals surface area (Å²) in [6.45, 7) is 1.40. The normalized spacial score (nSPS) is 21.9. The topological polar surface area (TPSA) is 54.3 Å². The van der Waals surface area contributed by atoms with Crippen molar-refractivity contribution in [1.29, 1.82) is 0 Å². The maximum atomic E-state index is 12.0. The molecule has 4 nitrogen and oxygen atoms in total. The second-order valence-corrected chi connectivity index (χ2v) is 6.31. The van der Waals surface area contributed by atoms with Gasteiger partial charge in [-0.2, -0.15) is 0 Å². The monoisotopic (exact) mass is 300 g/mol. The lowest BCUT2D eigenvalue weighted by atomic mass is 9.87. The summed E-state index contributed by atoms with van der Waals surface area (Å²) in [6.07, 6.45) is 6.26. The van der Waals surface area contributed by atoms with Gasteiger partial charge in [0.1, 0.15) is 0 Å². The van der Waals surface area contributed by atoms with Crippen LogP contribution in [0.1, 0.15) is 32.1 Å². The number of rotatable bonds is 5. The Hall–Kier alpha value is -1.81. The van der Waals surface area contributed by atoms with E-state index in [0.29, 0.717) is 25.4 Å². The first-order valence-electron chi connectivity index (χ1n) is 8.21. The molecule has 0 radical (unpaired) electrons. The summed E-state index contributed by atoms with van der Waals surface area (Å²) in [7, 11) is 0. The van der Waals surface area contributed by atoms with E-state index in [4.69, 9.17) is 0 Å². The number of amides is 1. The predicted octanol–water partition coefficient (Wildman–Crippen LogP) is 2.70. The maximum Gasteiger partial charge on any atom is 0.221 e. The van der Waals surface area contributed by atoms with E-state index in [1.165, 1.54) is 10.9 Å². The van der Waals surface area contributed by atoms with Crippen LogP contribution in [0.3, 0.4) is 0 Å². The lowest BCUT2D eigenvalue weighted by molar-refractivity contribution is -0.121. The van der Waals surface area contributed by atoms with E-state index in [2.05, 4.69) is 28.1 Å². The minimum Gasteiger partial charge on any atom is -0.393 e. The van der Waals surface area contributed by atoms with Crippen LogP contribution < -0.4 is 5.32 Å². The van der Waals surface area contributed by atoms with Crippen molar-refractivity contribution in [3.63, 3.8) is 0 Å². The zero-order valence-electron chi connectivity index (χ0n) is 12.9. The Morgan fingerprint density at radius 2 is 2.14 bits per heavy atom. The van der Waals surface area contributed by atoms with Crippen molar-refractivity contribution in [2.24, 2.45) is 5.92 Å². The summed E-state index contributed by atoms with van der Waals surface area (Å²) < 4.78 is 2.12. The summed E-state index contributed by atoms with van der Waals surface area (Å²) in [5.41, 5.74) is 1.17. The molecule has 118 valence electrons. The number of aliphatic hydroxyl groups is 1.